The average molecular weight is 377 g/mol. The van der Waals surface area contributed by atoms with E-state index < -0.39 is 10.8 Å². The number of carbonyl (C=O) groups excluding carboxylic acids is 1. The van der Waals surface area contributed by atoms with E-state index in [1.165, 1.54) is 6.07 Å². The van der Waals surface area contributed by atoms with Gasteiger partial charge in [0.2, 0.25) is 5.91 Å². The largest absolute Gasteiger partial charge is 0.493 e. The Hall–Kier alpha value is -3.74. The van der Waals surface area contributed by atoms with Gasteiger partial charge in [-0.3, -0.25) is 14.9 Å². The quantitative estimate of drug-likeness (QED) is 0.384. The van der Waals surface area contributed by atoms with Crippen LogP contribution in [0, 0.1) is 10.1 Å². The van der Waals surface area contributed by atoms with Gasteiger partial charge in [0.25, 0.3) is 5.69 Å². The fraction of sp³-hybridized carbons (Fsp3) is 0.143. The van der Waals surface area contributed by atoms with Gasteiger partial charge >= 0.3 is 0 Å². The molecule has 1 N–H and O–H groups in total. The van der Waals surface area contributed by atoms with Gasteiger partial charge in [0.15, 0.2) is 0 Å². The van der Waals surface area contributed by atoms with Gasteiger partial charge in [-0.25, -0.2) is 5.43 Å². The van der Waals surface area contributed by atoms with Gasteiger partial charge in [-0.15, -0.1) is 0 Å². The van der Waals surface area contributed by atoms with Gasteiger partial charge in [0.05, 0.1) is 24.2 Å². The number of carbonyl (C=O) groups is 1. The second-order valence-electron chi connectivity index (χ2n) is 5.99. The molecule has 0 fully saturated rings. The summed E-state index contributed by atoms with van der Waals surface area (Å²) in [5.74, 6) is 0.358. The molecule has 0 spiro atoms. The minimum Gasteiger partial charge on any atom is -0.493 e. The minimum atomic E-state index is -0.502. The number of hydrazone groups is 1. The third-order valence-electron chi connectivity index (χ3n) is 4.15. The van der Waals surface area contributed by atoms with Gasteiger partial charge in [0, 0.05) is 22.6 Å². The summed E-state index contributed by atoms with van der Waals surface area (Å²) in [6, 6.07) is 17.6. The van der Waals surface area contributed by atoms with E-state index >= 15 is 0 Å². The summed E-state index contributed by atoms with van der Waals surface area (Å²) in [6.07, 6.45) is 1.42. The fourth-order valence-electron chi connectivity index (χ4n) is 2.91. The van der Waals surface area contributed by atoms with Crippen LogP contribution in [0.2, 0.25) is 0 Å². The molecule has 0 heterocycles. The molecule has 3 rings (SSSR count). The van der Waals surface area contributed by atoms with E-state index in [0.29, 0.717) is 12.2 Å². The normalized spacial score (nSPS) is 10.9. The van der Waals surface area contributed by atoms with Crippen LogP contribution in [-0.4, -0.2) is 23.7 Å². The Kier molecular flexibility index (Phi) is 5.96. The van der Waals surface area contributed by atoms with Crippen LogP contribution in [0.15, 0.2) is 65.8 Å². The third-order valence-corrected chi connectivity index (χ3v) is 4.15. The molecule has 0 bridgehead atoms. The van der Waals surface area contributed by atoms with Gasteiger partial charge in [-0.2, -0.15) is 5.10 Å². The van der Waals surface area contributed by atoms with E-state index in [1.54, 1.807) is 24.4 Å². The fourth-order valence-corrected chi connectivity index (χ4v) is 2.91. The van der Waals surface area contributed by atoms with Crippen molar-refractivity contribution in [1.29, 1.82) is 0 Å². The van der Waals surface area contributed by atoms with Crippen molar-refractivity contribution in [2.24, 2.45) is 5.10 Å². The molecule has 0 aliphatic carbocycles. The number of nitro benzene ring substituents is 1. The number of nitrogens with one attached hydrogen (secondary N) is 1. The molecule has 0 unspecified atom stereocenters. The van der Waals surface area contributed by atoms with Crippen LogP contribution >= 0.6 is 0 Å². The molecule has 0 aliphatic heterocycles. The highest BCUT2D eigenvalue weighted by molar-refractivity contribution is 6.02. The Morgan fingerprint density at radius 2 is 1.82 bits per heavy atom. The van der Waals surface area contributed by atoms with Crippen LogP contribution in [0.5, 0.6) is 5.75 Å². The van der Waals surface area contributed by atoms with Crippen molar-refractivity contribution >= 4 is 28.6 Å². The predicted molar refractivity (Wildman–Crippen MR) is 108 cm³/mol. The second kappa shape index (κ2) is 8.77. The number of nitro groups is 1. The summed E-state index contributed by atoms with van der Waals surface area (Å²) in [6.45, 7) is 2.50. The lowest BCUT2D eigenvalue weighted by Crippen LogP contribution is -2.20. The molecule has 7 nitrogen and oxygen atoms in total. The first-order valence-corrected chi connectivity index (χ1v) is 8.79. The number of ether oxygens (including phenoxy) is 1. The summed E-state index contributed by atoms with van der Waals surface area (Å²) in [4.78, 5) is 22.6. The number of rotatable bonds is 7. The molecule has 3 aromatic carbocycles. The Morgan fingerprint density at radius 3 is 2.57 bits per heavy atom. The van der Waals surface area contributed by atoms with Crippen molar-refractivity contribution < 1.29 is 14.5 Å². The number of hydrogen-bond acceptors (Lipinski definition) is 5. The molecular formula is C21H19N3O4. The van der Waals surface area contributed by atoms with Gasteiger partial charge in [0.1, 0.15) is 5.75 Å². The zero-order chi connectivity index (χ0) is 19.9. The maximum absolute atomic E-state index is 12.1. The van der Waals surface area contributed by atoms with Crippen LogP contribution in [0.3, 0.4) is 0 Å². The molecule has 0 aliphatic rings. The Morgan fingerprint density at radius 1 is 1.11 bits per heavy atom. The van der Waals surface area contributed by atoms with E-state index in [0.717, 1.165) is 22.1 Å². The number of fused-ring (bicyclic) bond motifs is 1. The van der Waals surface area contributed by atoms with Crippen LogP contribution in [-0.2, 0) is 11.2 Å². The summed E-state index contributed by atoms with van der Waals surface area (Å²) in [5, 5.41) is 16.9. The van der Waals surface area contributed by atoms with E-state index in [-0.39, 0.29) is 12.1 Å². The zero-order valence-corrected chi connectivity index (χ0v) is 15.3. The van der Waals surface area contributed by atoms with E-state index in [1.807, 2.05) is 43.3 Å². The highest BCUT2D eigenvalue weighted by Gasteiger charge is 2.15. The highest BCUT2D eigenvalue weighted by atomic mass is 16.6. The number of hydrogen-bond donors (Lipinski definition) is 1. The van der Waals surface area contributed by atoms with Crippen LogP contribution < -0.4 is 10.2 Å². The Labute approximate surface area is 161 Å². The SMILES string of the molecule is CCOc1ccc(/C=N/NC(=O)Cc2ccccc2[N+](=O)[O-])c2ccccc12. The molecule has 28 heavy (non-hydrogen) atoms. The molecule has 3 aromatic rings. The van der Waals surface area contributed by atoms with Gasteiger partial charge in [-0.1, -0.05) is 42.5 Å². The first kappa shape index (κ1) is 19.0. The van der Waals surface area contributed by atoms with Crippen molar-refractivity contribution in [3.63, 3.8) is 0 Å². The number of nitrogens with zero attached hydrogens (tertiary/aromatic N) is 2. The maximum Gasteiger partial charge on any atom is 0.273 e. The second-order valence-corrected chi connectivity index (χ2v) is 5.99. The molecule has 0 aromatic heterocycles. The van der Waals surface area contributed by atoms with Crippen LogP contribution in [0.4, 0.5) is 5.69 Å². The third kappa shape index (κ3) is 4.32. The Balaban J connectivity index is 1.74. The first-order chi connectivity index (χ1) is 13.6. The van der Waals surface area contributed by atoms with Crippen molar-refractivity contribution in [2.75, 3.05) is 6.61 Å². The molecule has 1 amide bonds. The predicted octanol–water partition coefficient (Wildman–Crippen LogP) is 3.84. The first-order valence-electron chi connectivity index (χ1n) is 8.79. The topological polar surface area (TPSA) is 93.8 Å². The molecule has 7 heteroatoms. The zero-order valence-electron chi connectivity index (χ0n) is 15.3. The number of para-hydroxylation sites is 1. The summed E-state index contributed by atoms with van der Waals surface area (Å²) in [5.41, 5.74) is 3.51. The van der Waals surface area contributed by atoms with E-state index in [2.05, 4.69) is 10.5 Å². The van der Waals surface area contributed by atoms with Crippen LogP contribution in [0.1, 0.15) is 18.1 Å². The average Bonchev–Trinajstić information content (AvgIpc) is 2.70. The monoisotopic (exact) mass is 377 g/mol. The maximum atomic E-state index is 12.1. The minimum absolute atomic E-state index is 0.0841. The lowest BCUT2D eigenvalue weighted by atomic mass is 10.0. The van der Waals surface area contributed by atoms with Gasteiger partial charge in [-0.05, 0) is 24.4 Å². The highest BCUT2D eigenvalue weighted by Crippen LogP contribution is 2.27. The van der Waals surface area contributed by atoms with Crippen LogP contribution in [0.25, 0.3) is 10.8 Å². The molecule has 0 saturated carbocycles. The molecule has 142 valence electrons. The molecular weight excluding hydrogens is 358 g/mol. The van der Waals surface area contributed by atoms with Crippen molar-refractivity contribution in [3.8, 4) is 5.75 Å². The van der Waals surface area contributed by atoms with Gasteiger partial charge < -0.3 is 4.74 Å². The number of amides is 1. The molecule has 0 radical (unpaired) electrons. The summed E-state index contributed by atoms with van der Waals surface area (Å²) in [7, 11) is 0. The lowest BCUT2D eigenvalue weighted by Gasteiger charge is -2.09. The van der Waals surface area contributed by atoms with E-state index in [4.69, 9.17) is 4.74 Å². The summed E-state index contributed by atoms with van der Waals surface area (Å²) < 4.78 is 5.64. The molecule has 0 atom stereocenters. The smallest absolute Gasteiger partial charge is 0.273 e. The van der Waals surface area contributed by atoms with E-state index in [9.17, 15) is 14.9 Å². The van der Waals surface area contributed by atoms with Crippen molar-refractivity contribution in [1.82, 2.24) is 5.43 Å². The number of benzene rings is 3. The lowest BCUT2D eigenvalue weighted by molar-refractivity contribution is -0.385. The standard InChI is InChI=1S/C21H19N3O4/c1-2-28-20-12-11-16(17-8-4-5-9-18(17)20)14-22-23-21(25)13-15-7-3-6-10-19(15)24(26)27/h3-12,14H,2,13H2,1H3,(H,23,25)/b22-14+. The van der Waals surface area contributed by atoms with Crippen molar-refractivity contribution in [3.05, 3.63) is 81.9 Å². The Bertz CT molecular complexity index is 1050. The molecule has 0 saturated heterocycles. The van der Waals surface area contributed by atoms with Crippen molar-refractivity contribution in [2.45, 2.75) is 13.3 Å². The summed E-state index contributed by atoms with van der Waals surface area (Å²) >= 11 is 0.